The number of rotatable bonds is 1. The Hall–Kier alpha value is -1.78. The second kappa shape index (κ2) is 2.87. The Morgan fingerprint density at radius 2 is 2.45 bits per heavy atom. The Morgan fingerprint density at radius 1 is 1.73 bits per heavy atom. The first-order valence-electron chi connectivity index (χ1n) is 2.80. The lowest BCUT2D eigenvalue weighted by molar-refractivity contribution is 0.144. The van der Waals surface area contributed by atoms with Gasteiger partial charge in [-0.2, -0.15) is 0 Å². The van der Waals surface area contributed by atoms with E-state index in [-0.39, 0.29) is 11.4 Å². The van der Waals surface area contributed by atoms with E-state index in [1.807, 2.05) is 0 Å². The van der Waals surface area contributed by atoms with Gasteiger partial charge in [-0.25, -0.2) is 4.79 Å². The zero-order valence-corrected chi connectivity index (χ0v) is 5.52. The fourth-order valence-corrected chi connectivity index (χ4v) is 0.570. The van der Waals surface area contributed by atoms with E-state index >= 15 is 0 Å². The van der Waals surface area contributed by atoms with Crippen LogP contribution in [0.4, 0.5) is 10.5 Å². The van der Waals surface area contributed by atoms with Gasteiger partial charge < -0.3 is 15.6 Å². The highest BCUT2D eigenvalue weighted by Crippen LogP contribution is 2.17. The van der Waals surface area contributed by atoms with Crippen molar-refractivity contribution in [3.05, 3.63) is 18.5 Å². The van der Waals surface area contributed by atoms with Gasteiger partial charge >= 0.3 is 6.16 Å². The van der Waals surface area contributed by atoms with Gasteiger partial charge in [0.05, 0.1) is 11.9 Å². The standard InChI is InChI=1S/C6H6N2O3/c7-4-1-2-8-3-5(4)11-6(9)10/h1-3H,(H2,7,8)(H,9,10). The van der Waals surface area contributed by atoms with Crippen LogP contribution in [0.5, 0.6) is 5.75 Å². The van der Waals surface area contributed by atoms with Crippen molar-refractivity contribution in [1.29, 1.82) is 0 Å². The third kappa shape index (κ3) is 1.82. The molecule has 0 bridgehead atoms. The Bertz CT molecular complexity index is 274. The van der Waals surface area contributed by atoms with Crippen LogP contribution in [0.2, 0.25) is 0 Å². The minimum absolute atomic E-state index is 0.0556. The molecule has 0 atom stereocenters. The summed E-state index contributed by atoms with van der Waals surface area (Å²) < 4.78 is 4.27. The number of hydrogen-bond acceptors (Lipinski definition) is 4. The summed E-state index contributed by atoms with van der Waals surface area (Å²) in [5, 5.41) is 8.19. The summed E-state index contributed by atoms with van der Waals surface area (Å²) in [6.07, 6.45) is 1.29. The van der Waals surface area contributed by atoms with Crippen molar-refractivity contribution in [1.82, 2.24) is 4.98 Å². The van der Waals surface area contributed by atoms with Gasteiger partial charge in [0.25, 0.3) is 0 Å². The van der Waals surface area contributed by atoms with E-state index < -0.39 is 6.16 Å². The van der Waals surface area contributed by atoms with Crippen molar-refractivity contribution >= 4 is 11.8 Å². The van der Waals surface area contributed by atoms with Crippen LogP contribution < -0.4 is 10.5 Å². The number of carbonyl (C=O) groups is 1. The maximum absolute atomic E-state index is 10.0. The van der Waals surface area contributed by atoms with E-state index in [0.717, 1.165) is 0 Å². The molecule has 0 aliphatic carbocycles. The fourth-order valence-electron chi connectivity index (χ4n) is 0.570. The molecule has 0 radical (unpaired) electrons. The van der Waals surface area contributed by atoms with Crippen LogP contribution in [0.1, 0.15) is 0 Å². The van der Waals surface area contributed by atoms with Crippen molar-refractivity contribution in [3.63, 3.8) is 0 Å². The summed E-state index contributed by atoms with van der Waals surface area (Å²) in [5.74, 6) is 0.0556. The second-order valence-corrected chi connectivity index (χ2v) is 1.78. The largest absolute Gasteiger partial charge is 0.511 e. The van der Waals surface area contributed by atoms with Gasteiger partial charge in [-0.1, -0.05) is 0 Å². The topological polar surface area (TPSA) is 85.4 Å². The molecule has 1 heterocycles. The smallest absolute Gasteiger partial charge is 0.449 e. The zero-order chi connectivity index (χ0) is 8.27. The van der Waals surface area contributed by atoms with Crippen molar-refractivity contribution in [2.24, 2.45) is 0 Å². The molecular weight excluding hydrogens is 148 g/mol. The van der Waals surface area contributed by atoms with E-state index in [2.05, 4.69) is 9.72 Å². The molecule has 0 aliphatic heterocycles. The number of hydrogen-bond donors (Lipinski definition) is 2. The van der Waals surface area contributed by atoms with Crippen LogP contribution >= 0.6 is 0 Å². The minimum Gasteiger partial charge on any atom is -0.449 e. The molecule has 0 spiro atoms. The second-order valence-electron chi connectivity index (χ2n) is 1.78. The van der Waals surface area contributed by atoms with E-state index in [1.54, 1.807) is 0 Å². The monoisotopic (exact) mass is 154 g/mol. The lowest BCUT2D eigenvalue weighted by Crippen LogP contribution is -2.05. The van der Waals surface area contributed by atoms with Gasteiger partial charge in [0.15, 0.2) is 5.75 Å². The predicted molar refractivity (Wildman–Crippen MR) is 37.3 cm³/mol. The van der Waals surface area contributed by atoms with Crippen molar-refractivity contribution in [2.75, 3.05) is 5.73 Å². The van der Waals surface area contributed by atoms with Gasteiger partial charge in [-0.15, -0.1) is 0 Å². The molecule has 0 saturated heterocycles. The molecular formula is C6H6N2O3. The normalized spacial score (nSPS) is 9.09. The lowest BCUT2D eigenvalue weighted by atomic mass is 10.4. The van der Waals surface area contributed by atoms with Crippen molar-refractivity contribution in [3.8, 4) is 5.75 Å². The quantitative estimate of drug-likeness (QED) is 0.582. The third-order valence-corrected chi connectivity index (χ3v) is 1.01. The summed E-state index contributed by atoms with van der Waals surface area (Å²) in [6.45, 7) is 0. The number of carboxylic acid groups (broad SMARTS) is 1. The maximum atomic E-state index is 10.0. The number of nitrogen functional groups attached to an aromatic ring is 1. The molecule has 0 aliphatic rings. The van der Waals surface area contributed by atoms with E-state index in [9.17, 15) is 4.79 Å². The molecule has 0 fully saturated rings. The Balaban J connectivity index is 2.86. The van der Waals surface area contributed by atoms with Gasteiger partial charge in [-0.3, -0.25) is 4.98 Å². The SMILES string of the molecule is Nc1ccncc1OC(=O)O. The average Bonchev–Trinajstić information content (AvgIpc) is 1.93. The summed E-state index contributed by atoms with van der Waals surface area (Å²) in [4.78, 5) is 13.6. The number of anilines is 1. The van der Waals surface area contributed by atoms with Crippen LogP contribution in [0, 0.1) is 0 Å². The van der Waals surface area contributed by atoms with Crippen LogP contribution in [-0.4, -0.2) is 16.2 Å². The van der Waals surface area contributed by atoms with Gasteiger partial charge in [0.1, 0.15) is 0 Å². The molecule has 5 heteroatoms. The van der Waals surface area contributed by atoms with Crippen LogP contribution in [0.3, 0.4) is 0 Å². The predicted octanol–water partition coefficient (Wildman–Crippen LogP) is 0.721. The number of aromatic nitrogens is 1. The molecule has 58 valence electrons. The number of nitrogens with two attached hydrogens (primary N) is 1. The maximum Gasteiger partial charge on any atom is 0.511 e. The first-order chi connectivity index (χ1) is 5.20. The molecule has 0 unspecified atom stereocenters. The Kier molecular flexibility index (Phi) is 1.91. The van der Waals surface area contributed by atoms with Crippen LogP contribution in [-0.2, 0) is 0 Å². The highest BCUT2D eigenvalue weighted by Gasteiger charge is 2.03. The van der Waals surface area contributed by atoms with E-state index in [1.165, 1.54) is 18.5 Å². The zero-order valence-electron chi connectivity index (χ0n) is 5.52. The number of nitrogens with zero attached hydrogens (tertiary/aromatic N) is 1. The molecule has 0 aromatic carbocycles. The molecule has 1 aromatic rings. The average molecular weight is 154 g/mol. The molecule has 1 rings (SSSR count). The lowest BCUT2D eigenvalue weighted by Gasteiger charge is -2.00. The van der Waals surface area contributed by atoms with Gasteiger partial charge in [-0.05, 0) is 6.07 Å². The Labute approximate surface area is 62.4 Å². The highest BCUT2D eigenvalue weighted by molar-refractivity contribution is 5.65. The summed E-state index contributed by atoms with van der Waals surface area (Å²) in [5.41, 5.74) is 5.59. The van der Waals surface area contributed by atoms with E-state index in [4.69, 9.17) is 10.8 Å². The fraction of sp³-hybridized carbons (Fsp3) is 0. The number of pyridine rings is 1. The Morgan fingerprint density at radius 3 is 3.00 bits per heavy atom. The highest BCUT2D eigenvalue weighted by atomic mass is 16.7. The van der Waals surface area contributed by atoms with Gasteiger partial charge in [0, 0.05) is 6.20 Å². The first kappa shape index (κ1) is 7.33. The molecule has 1 aromatic heterocycles. The summed E-state index contributed by atoms with van der Waals surface area (Å²) in [6, 6.07) is 1.46. The van der Waals surface area contributed by atoms with E-state index in [0.29, 0.717) is 0 Å². The summed E-state index contributed by atoms with van der Waals surface area (Å²) >= 11 is 0. The number of ether oxygens (including phenoxy) is 1. The molecule has 0 saturated carbocycles. The van der Waals surface area contributed by atoms with Gasteiger partial charge in [0.2, 0.25) is 0 Å². The van der Waals surface area contributed by atoms with Crippen molar-refractivity contribution < 1.29 is 14.6 Å². The molecule has 3 N–H and O–H groups in total. The minimum atomic E-state index is -1.40. The molecule has 5 nitrogen and oxygen atoms in total. The summed E-state index contributed by atoms with van der Waals surface area (Å²) in [7, 11) is 0. The molecule has 0 amide bonds. The third-order valence-electron chi connectivity index (χ3n) is 1.01. The van der Waals surface area contributed by atoms with Crippen LogP contribution in [0.15, 0.2) is 18.5 Å². The van der Waals surface area contributed by atoms with Crippen LogP contribution in [0.25, 0.3) is 0 Å². The first-order valence-corrected chi connectivity index (χ1v) is 2.80. The molecule has 11 heavy (non-hydrogen) atoms. The van der Waals surface area contributed by atoms with Crippen molar-refractivity contribution in [2.45, 2.75) is 0 Å².